The predicted molar refractivity (Wildman–Crippen MR) is 64.0 cm³/mol. The summed E-state index contributed by atoms with van der Waals surface area (Å²) < 4.78 is 26.8. The van der Waals surface area contributed by atoms with Crippen molar-refractivity contribution >= 4 is 5.97 Å². The summed E-state index contributed by atoms with van der Waals surface area (Å²) in [6.07, 6.45) is 2.61. The molecule has 0 saturated carbocycles. The average Bonchev–Trinajstić information content (AvgIpc) is 2.26. The van der Waals surface area contributed by atoms with Gasteiger partial charge in [-0.3, -0.25) is 4.79 Å². The van der Waals surface area contributed by atoms with Gasteiger partial charge in [0.05, 0.1) is 0 Å². The van der Waals surface area contributed by atoms with Gasteiger partial charge in [-0.05, 0) is 42.4 Å². The lowest BCUT2D eigenvalue weighted by Crippen LogP contribution is -2.24. The van der Waals surface area contributed by atoms with E-state index in [1.807, 2.05) is 12.1 Å². The van der Waals surface area contributed by atoms with Crippen molar-refractivity contribution in [3.63, 3.8) is 0 Å². The van der Waals surface area contributed by atoms with Crippen molar-refractivity contribution < 1.29 is 18.7 Å². The highest BCUT2D eigenvalue weighted by molar-refractivity contribution is 5.67. The highest BCUT2D eigenvalue weighted by atomic mass is 19.3. The van der Waals surface area contributed by atoms with Gasteiger partial charge in [-0.15, -0.1) is 0 Å². The van der Waals surface area contributed by atoms with E-state index in [-0.39, 0.29) is 0 Å². The van der Waals surface area contributed by atoms with Gasteiger partial charge >= 0.3 is 5.97 Å². The van der Waals surface area contributed by atoms with E-state index in [9.17, 15) is 13.6 Å². The van der Waals surface area contributed by atoms with Crippen LogP contribution in [0.4, 0.5) is 8.78 Å². The number of carboxylic acid groups (broad SMARTS) is 1. The average molecular weight is 254 g/mol. The molecule has 98 valence electrons. The van der Waals surface area contributed by atoms with Gasteiger partial charge < -0.3 is 5.11 Å². The van der Waals surface area contributed by atoms with Gasteiger partial charge in [0.25, 0.3) is 5.92 Å². The van der Waals surface area contributed by atoms with Crippen molar-refractivity contribution in [2.75, 3.05) is 0 Å². The first-order valence-corrected chi connectivity index (χ1v) is 6.17. The molecule has 1 aliphatic carbocycles. The van der Waals surface area contributed by atoms with Crippen molar-refractivity contribution in [2.45, 2.75) is 44.4 Å². The van der Waals surface area contributed by atoms with Crippen LogP contribution in [0.3, 0.4) is 0 Å². The summed E-state index contributed by atoms with van der Waals surface area (Å²) in [5.74, 6) is -4.63. The zero-order chi connectivity index (χ0) is 13.2. The number of aliphatic carboxylic acids is 1. The number of carboxylic acids is 1. The Balaban J connectivity index is 2.12. The summed E-state index contributed by atoms with van der Waals surface area (Å²) in [6, 6.07) is 5.41. The first kappa shape index (κ1) is 13.0. The Kier molecular flexibility index (Phi) is 3.64. The normalized spacial score (nSPS) is 15.2. The monoisotopic (exact) mass is 254 g/mol. The van der Waals surface area contributed by atoms with E-state index in [2.05, 4.69) is 0 Å². The molecule has 0 radical (unpaired) electrons. The Hall–Kier alpha value is -1.45. The quantitative estimate of drug-likeness (QED) is 0.895. The molecule has 1 aromatic carbocycles. The number of hydrogen-bond donors (Lipinski definition) is 1. The molecule has 0 atom stereocenters. The minimum atomic E-state index is -3.17. The second-order valence-electron chi connectivity index (χ2n) is 4.91. The number of fused-ring (bicyclic) bond motifs is 1. The zero-order valence-electron chi connectivity index (χ0n) is 10.1. The standard InChI is InChI=1S/C14H16F2O2/c15-14(16,9-13(17)18)8-10-5-6-11-3-1-2-4-12(11)7-10/h5-7H,1-4,8-9H2,(H,17,18). The van der Waals surface area contributed by atoms with Crippen molar-refractivity contribution in [1.82, 2.24) is 0 Å². The molecule has 0 unspecified atom stereocenters. The van der Waals surface area contributed by atoms with Crippen LogP contribution in [0.1, 0.15) is 36.0 Å². The van der Waals surface area contributed by atoms with E-state index >= 15 is 0 Å². The molecule has 4 heteroatoms. The van der Waals surface area contributed by atoms with Crippen molar-refractivity contribution in [3.8, 4) is 0 Å². The largest absolute Gasteiger partial charge is 0.481 e. The topological polar surface area (TPSA) is 37.3 Å². The molecule has 0 aromatic heterocycles. The van der Waals surface area contributed by atoms with Crippen LogP contribution in [-0.2, 0) is 24.1 Å². The van der Waals surface area contributed by atoms with E-state index < -0.39 is 24.7 Å². The first-order valence-electron chi connectivity index (χ1n) is 6.17. The molecular formula is C14H16F2O2. The Morgan fingerprint density at radius 1 is 1.22 bits per heavy atom. The molecule has 1 aliphatic rings. The molecule has 0 amide bonds. The lowest BCUT2D eigenvalue weighted by atomic mass is 9.89. The van der Waals surface area contributed by atoms with E-state index in [4.69, 9.17) is 5.11 Å². The van der Waals surface area contributed by atoms with Crippen LogP contribution in [0.2, 0.25) is 0 Å². The maximum Gasteiger partial charge on any atom is 0.309 e. The summed E-state index contributed by atoms with van der Waals surface area (Å²) in [7, 11) is 0. The Labute approximate surface area is 105 Å². The van der Waals surface area contributed by atoms with E-state index in [0.717, 1.165) is 31.2 Å². The highest BCUT2D eigenvalue weighted by Gasteiger charge is 2.32. The second kappa shape index (κ2) is 5.04. The fourth-order valence-electron chi connectivity index (χ4n) is 2.48. The fraction of sp³-hybridized carbons (Fsp3) is 0.500. The molecular weight excluding hydrogens is 238 g/mol. The third-order valence-electron chi connectivity index (χ3n) is 3.29. The molecule has 2 rings (SSSR count). The molecule has 0 spiro atoms. The summed E-state index contributed by atoms with van der Waals surface area (Å²) in [6.45, 7) is 0. The van der Waals surface area contributed by atoms with Gasteiger partial charge in [0.1, 0.15) is 6.42 Å². The second-order valence-corrected chi connectivity index (χ2v) is 4.91. The predicted octanol–water partition coefficient (Wildman–Crippen LogP) is 3.22. The summed E-state index contributed by atoms with van der Waals surface area (Å²) in [5, 5.41) is 8.44. The van der Waals surface area contributed by atoms with E-state index in [1.165, 1.54) is 5.56 Å². The molecule has 0 bridgehead atoms. The maximum absolute atomic E-state index is 13.4. The number of hydrogen-bond acceptors (Lipinski definition) is 1. The first-order chi connectivity index (χ1) is 8.46. The number of rotatable bonds is 4. The lowest BCUT2D eigenvalue weighted by molar-refractivity contribution is -0.144. The number of halogens is 2. The van der Waals surface area contributed by atoms with Crippen LogP contribution in [0.25, 0.3) is 0 Å². The molecule has 1 N–H and O–H groups in total. The number of aryl methyl sites for hydroxylation is 2. The van der Waals surface area contributed by atoms with E-state index in [1.54, 1.807) is 6.07 Å². The van der Waals surface area contributed by atoms with Gasteiger partial charge in [-0.1, -0.05) is 18.2 Å². The fourth-order valence-corrected chi connectivity index (χ4v) is 2.48. The molecule has 0 heterocycles. The van der Waals surface area contributed by atoms with Crippen molar-refractivity contribution in [1.29, 1.82) is 0 Å². The maximum atomic E-state index is 13.4. The summed E-state index contributed by atoms with van der Waals surface area (Å²) >= 11 is 0. The number of carbonyl (C=O) groups is 1. The lowest BCUT2D eigenvalue weighted by Gasteiger charge is -2.19. The third kappa shape index (κ3) is 3.28. The number of alkyl halides is 2. The zero-order valence-corrected chi connectivity index (χ0v) is 10.1. The minimum Gasteiger partial charge on any atom is -0.481 e. The Bertz CT molecular complexity index is 455. The van der Waals surface area contributed by atoms with Gasteiger partial charge in [0, 0.05) is 6.42 Å². The van der Waals surface area contributed by atoms with Crippen molar-refractivity contribution in [2.24, 2.45) is 0 Å². The van der Waals surface area contributed by atoms with Crippen LogP contribution in [-0.4, -0.2) is 17.0 Å². The Morgan fingerprint density at radius 3 is 2.56 bits per heavy atom. The molecule has 0 aliphatic heterocycles. The number of benzene rings is 1. The van der Waals surface area contributed by atoms with Gasteiger partial charge in [0.2, 0.25) is 0 Å². The van der Waals surface area contributed by atoms with Gasteiger partial charge in [0.15, 0.2) is 0 Å². The Morgan fingerprint density at radius 2 is 1.89 bits per heavy atom. The molecule has 1 aromatic rings. The van der Waals surface area contributed by atoms with Crippen LogP contribution in [0, 0.1) is 0 Å². The summed E-state index contributed by atoms with van der Waals surface area (Å²) in [4.78, 5) is 10.4. The van der Waals surface area contributed by atoms with Crippen molar-refractivity contribution in [3.05, 3.63) is 34.9 Å². The third-order valence-corrected chi connectivity index (χ3v) is 3.29. The van der Waals surface area contributed by atoms with Crippen LogP contribution in [0.5, 0.6) is 0 Å². The van der Waals surface area contributed by atoms with E-state index in [0.29, 0.717) is 5.56 Å². The SMILES string of the molecule is O=C(O)CC(F)(F)Cc1ccc2c(c1)CCCC2. The van der Waals surface area contributed by atoms with Crippen LogP contribution >= 0.6 is 0 Å². The van der Waals surface area contributed by atoms with Gasteiger partial charge in [-0.25, -0.2) is 8.78 Å². The molecule has 0 fully saturated rings. The minimum absolute atomic E-state index is 0.493. The molecule has 2 nitrogen and oxygen atoms in total. The highest BCUT2D eigenvalue weighted by Crippen LogP contribution is 2.27. The van der Waals surface area contributed by atoms with Crippen LogP contribution < -0.4 is 0 Å². The molecule has 18 heavy (non-hydrogen) atoms. The smallest absolute Gasteiger partial charge is 0.309 e. The summed E-state index contributed by atoms with van der Waals surface area (Å²) in [5.41, 5.74) is 2.92. The molecule has 0 saturated heterocycles. The van der Waals surface area contributed by atoms with Gasteiger partial charge in [-0.2, -0.15) is 0 Å². The van der Waals surface area contributed by atoms with Crippen LogP contribution in [0.15, 0.2) is 18.2 Å².